The minimum absolute atomic E-state index is 0.148. The zero-order valence-corrected chi connectivity index (χ0v) is 16.9. The van der Waals surface area contributed by atoms with Crippen molar-refractivity contribution in [1.82, 2.24) is 0 Å². The van der Waals surface area contributed by atoms with Gasteiger partial charge in [-0.2, -0.15) is 5.26 Å². The Labute approximate surface area is 168 Å². The van der Waals surface area contributed by atoms with Crippen molar-refractivity contribution in [3.8, 4) is 6.07 Å². The standard InChI is InChI=1S/C25H29NO2/c1-19(2)8-6-11-20-13-14-22-12-7-15-25(18-26,23(22)16-20)24(27)28-17-21-9-4-3-5-10-21/h3-5,8-10,14,16,23H,6-7,11-13,15,17H2,1-2H3/t23-,25+/m0/s1. The third-order valence-corrected chi connectivity index (χ3v) is 5.79. The summed E-state index contributed by atoms with van der Waals surface area (Å²) in [6.07, 6.45) is 12.0. The molecule has 0 aliphatic heterocycles. The first-order valence-electron chi connectivity index (χ1n) is 10.2. The molecule has 0 radical (unpaired) electrons. The second-order valence-corrected chi connectivity index (χ2v) is 8.10. The molecular formula is C25H29NO2. The molecule has 0 bridgehead atoms. The molecule has 1 saturated carbocycles. The number of hydrogen-bond acceptors (Lipinski definition) is 3. The summed E-state index contributed by atoms with van der Waals surface area (Å²) in [6, 6.07) is 12.0. The van der Waals surface area contributed by atoms with Gasteiger partial charge in [0.2, 0.25) is 0 Å². The molecule has 0 N–H and O–H groups in total. The van der Waals surface area contributed by atoms with E-state index in [0.29, 0.717) is 6.42 Å². The highest BCUT2D eigenvalue weighted by molar-refractivity contribution is 5.82. The number of nitrogens with zero attached hydrogens (tertiary/aromatic N) is 1. The molecule has 3 heteroatoms. The van der Waals surface area contributed by atoms with Crippen LogP contribution < -0.4 is 0 Å². The van der Waals surface area contributed by atoms with E-state index in [2.05, 4.69) is 38.1 Å². The van der Waals surface area contributed by atoms with Gasteiger partial charge in [0.25, 0.3) is 0 Å². The number of nitriles is 1. The highest BCUT2D eigenvalue weighted by Crippen LogP contribution is 2.48. The number of esters is 1. The molecule has 0 aromatic heterocycles. The molecule has 2 aliphatic rings. The third-order valence-electron chi connectivity index (χ3n) is 5.79. The zero-order chi connectivity index (χ0) is 20.0. The van der Waals surface area contributed by atoms with Crippen molar-refractivity contribution in [3.05, 3.63) is 70.8 Å². The molecule has 2 aliphatic carbocycles. The number of carbonyl (C=O) groups is 1. The van der Waals surface area contributed by atoms with E-state index in [1.54, 1.807) is 0 Å². The quantitative estimate of drug-likeness (QED) is 0.450. The Kier molecular flexibility index (Phi) is 6.52. The lowest BCUT2D eigenvalue weighted by Crippen LogP contribution is -2.42. The van der Waals surface area contributed by atoms with Gasteiger partial charge in [0.15, 0.2) is 5.41 Å². The maximum atomic E-state index is 13.1. The molecule has 1 aromatic carbocycles. The summed E-state index contributed by atoms with van der Waals surface area (Å²) in [5, 5.41) is 10.1. The smallest absolute Gasteiger partial charge is 0.327 e. The number of hydrogen-bond donors (Lipinski definition) is 0. The molecule has 0 saturated heterocycles. The van der Waals surface area contributed by atoms with Gasteiger partial charge in [-0.25, -0.2) is 0 Å². The van der Waals surface area contributed by atoms with Gasteiger partial charge in [0.1, 0.15) is 6.61 Å². The summed E-state index contributed by atoms with van der Waals surface area (Å²) in [5.74, 6) is -0.527. The lowest BCUT2D eigenvalue weighted by Gasteiger charge is -2.39. The Morgan fingerprint density at radius 1 is 1.32 bits per heavy atom. The first kappa shape index (κ1) is 20.1. The Hall–Kier alpha value is -2.60. The van der Waals surface area contributed by atoms with Crippen molar-refractivity contribution in [3.63, 3.8) is 0 Å². The van der Waals surface area contributed by atoms with E-state index in [1.165, 1.54) is 16.7 Å². The maximum Gasteiger partial charge on any atom is 0.327 e. The van der Waals surface area contributed by atoms with Gasteiger partial charge in [0.05, 0.1) is 6.07 Å². The van der Waals surface area contributed by atoms with Gasteiger partial charge < -0.3 is 4.74 Å². The molecule has 1 aromatic rings. The van der Waals surface area contributed by atoms with Crippen LogP contribution in [-0.2, 0) is 16.1 Å². The van der Waals surface area contributed by atoms with Crippen LogP contribution in [0.5, 0.6) is 0 Å². The van der Waals surface area contributed by atoms with Crippen LogP contribution >= 0.6 is 0 Å². The number of benzene rings is 1. The largest absolute Gasteiger partial charge is 0.460 e. The Morgan fingerprint density at radius 3 is 2.82 bits per heavy atom. The van der Waals surface area contributed by atoms with Crippen molar-refractivity contribution in [2.24, 2.45) is 11.3 Å². The van der Waals surface area contributed by atoms with Gasteiger partial charge in [-0.1, -0.05) is 65.3 Å². The summed E-state index contributed by atoms with van der Waals surface area (Å²) in [4.78, 5) is 13.1. The SMILES string of the molecule is CC(C)=CCCC1=C[C@H]2C(=CC1)CCC[C@]2(C#N)C(=O)OCc1ccccc1. The van der Waals surface area contributed by atoms with Gasteiger partial charge in [0, 0.05) is 5.92 Å². The average molecular weight is 376 g/mol. The van der Waals surface area contributed by atoms with E-state index >= 15 is 0 Å². The fourth-order valence-electron chi connectivity index (χ4n) is 4.23. The van der Waals surface area contributed by atoms with E-state index in [1.807, 2.05) is 30.3 Å². The van der Waals surface area contributed by atoms with Crippen molar-refractivity contribution < 1.29 is 9.53 Å². The minimum Gasteiger partial charge on any atom is -0.460 e. The van der Waals surface area contributed by atoms with E-state index < -0.39 is 5.41 Å². The fraction of sp³-hybridized carbons (Fsp3) is 0.440. The first-order chi connectivity index (χ1) is 13.5. The van der Waals surface area contributed by atoms with Crippen molar-refractivity contribution in [1.29, 1.82) is 5.26 Å². The molecule has 0 amide bonds. The monoisotopic (exact) mass is 375 g/mol. The maximum absolute atomic E-state index is 13.1. The number of fused-ring (bicyclic) bond motifs is 1. The van der Waals surface area contributed by atoms with Crippen LogP contribution in [0.3, 0.4) is 0 Å². The van der Waals surface area contributed by atoms with Crippen LogP contribution in [0.15, 0.2) is 65.3 Å². The number of ether oxygens (including phenoxy) is 1. The highest BCUT2D eigenvalue weighted by atomic mass is 16.5. The molecule has 0 heterocycles. The van der Waals surface area contributed by atoms with Gasteiger partial charge in [-0.05, 0) is 57.9 Å². The van der Waals surface area contributed by atoms with E-state index in [-0.39, 0.29) is 18.5 Å². The molecule has 0 spiro atoms. The zero-order valence-electron chi connectivity index (χ0n) is 16.9. The summed E-state index contributed by atoms with van der Waals surface area (Å²) < 4.78 is 5.63. The second-order valence-electron chi connectivity index (χ2n) is 8.10. The van der Waals surface area contributed by atoms with Gasteiger partial charge >= 0.3 is 5.97 Å². The summed E-state index contributed by atoms with van der Waals surface area (Å²) in [5.41, 5.74) is 3.72. The number of carbonyl (C=O) groups excluding carboxylic acids is 1. The average Bonchev–Trinajstić information content (AvgIpc) is 2.72. The van der Waals surface area contributed by atoms with E-state index in [4.69, 9.17) is 4.74 Å². The van der Waals surface area contributed by atoms with Crippen LogP contribution in [0.2, 0.25) is 0 Å². The molecule has 1 fully saturated rings. The van der Waals surface area contributed by atoms with E-state index in [0.717, 1.165) is 37.7 Å². The highest BCUT2D eigenvalue weighted by Gasteiger charge is 2.50. The molecule has 146 valence electrons. The molecule has 28 heavy (non-hydrogen) atoms. The summed E-state index contributed by atoms with van der Waals surface area (Å²) >= 11 is 0. The predicted molar refractivity (Wildman–Crippen MR) is 111 cm³/mol. The number of allylic oxidation sites excluding steroid dienone is 6. The predicted octanol–water partition coefficient (Wildman–Crippen LogP) is 6.04. The van der Waals surface area contributed by atoms with Gasteiger partial charge in [-0.3, -0.25) is 4.79 Å². The molecule has 3 rings (SSSR count). The molecule has 0 unspecified atom stereocenters. The summed E-state index contributed by atoms with van der Waals surface area (Å²) in [6.45, 7) is 4.43. The molecule has 2 atom stereocenters. The normalized spacial score (nSPS) is 23.5. The second kappa shape index (κ2) is 9.06. The summed E-state index contributed by atoms with van der Waals surface area (Å²) in [7, 11) is 0. The number of rotatable bonds is 6. The van der Waals surface area contributed by atoms with E-state index in [9.17, 15) is 10.1 Å². The molecule has 3 nitrogen and oxygen atoms in total. The first-order valence-corrected chi connectivity index (χ1v) is 10.2. The minimum atomic E-state index is -1.10. The Morgan fingerprint density at radius 2 is 2.11 bits per heavy atom. The third kappa shape index (κ3) is 4.44. The van der Waals surface area contributed by atoms with Crippen LogP contribution in [-0.4, -0.2) is 5.97 Å². The van der Waals surface area contributed by atoms with Crippen LogP contribution in [0.25, 0.3) is 0 Å². The fourth-order valence-corrected chi connectivity index (χ4v) is 4.23. The Bertz CT molecular complexity index is 837. The van der Waals surface area contributed by atoms with Crippen molar-refractivity contribution in [2.45, 2.75) is 59.0 Å². The van der Waals surface area contributed by atoms with Crippen LogP contribution in [0.1, 0.15) is 57.9 Å². The van der Waals surface area contributed by atoms with Gasteiger partial charge in [-0.15, -0.1) is 0 Å². The van der Waals surface area contributed by atoms with Crippen LogP contribution in [0, 0.1) is 22.7 Å². The Balaban J connectivity index is 1.77. The topological polar surface area (TPSA) is 50.1 Å². The lowest BCUT2D eigenvalue weighted by molar-refractivity contribution is -0.156. The lowest BCUT2D eigenvalue weighted by atomic mass is 9.62. The van der Waals surface area contributed by atoms with Crippen molar-refractivity contribution in [2.75, 3.05) is 0 Å². The van der Waals surface area contributed by atoms with Crippen LogP contribution in [0.4, 0.5) is 0 Å². The van der Waals surface area contributed by atoms with Crippen molar-refractivity contribution >= 4 is 5.97 Å². The molecular weight excluding hydrogens is 346 g/mol.